The van der Waals surface area contributed by atoms with E-state index in [0.717, 1.165) is 4.57 Å². The second-order valence-electron chi connectivity index (χ2n) is 4.82. The molecule has 2 rings (SSSR count). The van der Waals surface area contributed by atoms with Gasteiger partial charge in [0.05, 0.1) is 12.7 Å². The predicted molar refractivity (Wildman–Crippen MR) is 71.5 cm³/mol. The number of aromatic nitrogens is 2. The van der Waals surface area contributed by atoms with Crippen molar-refractivity contribution < 1.29 is 14.9 Å². The van der Waals surface area contributed by atoms with Crippen LogP contribution in [-0.2, 0) is 11.3 Å². The number of allylic oxidation sites excluding steroid dienone is 1. The van der Waals surface area contributed by atoms with E-state index in [2.05, 4.69) is 6.58 Å². The molecule has 2 N–H and O–H groups in total. The number of aryl methyl sites for hydroxylation is 1. The van der Waals surface area contributed by atoms with E-state index < -0.39 is 24.1 Å². The number of nitrogens with zero attached hydrogens (tertiary/aromatic N) is 2. The lowest BCUT2D eigenvalue weighted by molar-refractivity contribution is -0.0463. The zero-order valence-corrected chi connectivity index (χ0v) is 11.2. The van der Waals surface area contributed by atoms with Crippen LogP contribution in [0.3, 0.4) is 0 Å². The SMILES string of the molecule is C=CCn1c(=O)c(C)cn(C2CC(O)C(CO)O2)c1=O. The molecule has 0 amide bonds. The maximum absolute atomic E-state index is 12.3. The fraction of sp³-hybridized carbons (Fsp3) is 0.538. The molecule has 1 aliphatic rings. The van der Waals surface area contributed by atoms with Gasteiger partial charge in [0.1, 0.15) is 12.3 Å². The highest BCUT2D eigenvalue weighted by Crippen LogP contribution is 2.27. The minimum Gasteiger partial charge on any atom is -0.394 e. The molecule has 1 aliphatic heterocycles. The smallest absolute Gasteiger partial charge is 0.333 e. The first-order valence-corrected chi connectivity index (χ1v) is 6.37. The Kier molecular flexibility index (Phi) is 4.22. The van der Waals surface area contributed by atoms with Crippen molar-refractivity contribution in [2.24, 2.45) is 0 Å². The van der Waals surface area contributed by atoms with E-state index in [0.29, 0.717) is 5.56 Å². The van der Waals surface area contributed by atoms with Crippen molar-refractivity contribution in [2.45, 2.75) is 38.3 Å². The van der Waals surface area contributed by atoms with Gasteiger partial charge in [-0.1, -0.05) is 6.08 Å². The zero-order chi connectivity index (χ0) is 14.9. The Hall–Kier alpha value is -1.70. The summed E-state index contributed by atoms with van der Waals surface area (Å²) in [6, 6.07) is 0. The monoisotopic (exact) mass is 282 g/mol. The summed E-state index contributed by atoms with van der Waals surface area (Å²) in [7, 11) is 0. The van der Waals surface area contributed by atoms with Crippen LogP contribution in [0.4, 0.5) is 0 Å². The first-order valence-electron chi connectivity index (χ1n) is 6.37. The molecule has 1 saturated heterocycles. The van der Waals surface area contributed by atoms with Gasteiger partial charge in [-0.15, -0.1) is 6.58 Å². The highest BCUT2D eigenvalue weighted by atomic mass is 16.5. The van der Waals surface area contributed by atoms with Gasteiger partial charge in [0.25, 0.3) is 5.56 Å². The van der Waals surface area contributed by atoms with E-state index in [9.17, 15) is 14.7 Å². The van der Waals surface area contributed by atoms with Crippen LogP contribution in [0.15, 0.2) is 28.4 Å². The Morgan fingerprint density at radius 2 is 2.25 bits per heavy atom. The van der Waals surface area contributed by atoms with Gasteiger partial charge in [0.15, 0.2) is 0 Å². The summed E-state index contributed by atoms with van der Waals surface area (Å²) in [5.41, 5.74) is -0.489. The molecule has 1 aromatic rings. The summed E-state index contributed by atoms with van der Waals surface area (Å²) in [5.74, 6) is 0. The Morgan fingerprint density at radius 3 is 2.80 bits per heavy atom. The van der Waals surface area contributed by atoms with Crippen molar-refractivity contribution >= 4 is 0 Å². The van der Waals surface area contributed by atoms with Gasteiger partial charge in [-0.25, -0.2) is 4.79 Å². The Bertz CT molecular complexity index is 618. The standard InChI is InChI=1S/C13H18N2O5/c1-3-4-14-12(18)8(2)6-15(13(14)19)11-5-9(17)10(7-16)20-11/h3,6,9-11,16-17H,1,4-5,7H2,2H3. The van der Waals surface area contributed by atoms with E-state index in [1.807, 2.05) is 0 Å². The van der Waals surface area contributed by atoms with Gasteiger partial charge in [0.2, 0.25) is 0 Å². The van der Waals surface area contributed by atoms with E-state index in [4.69, 9.17) is 9.84 Å². The number of rotatable bonds is 4. The van der Waals surface area contributed by atoms with Crippen molar-refractivity contribution in [3.8, 4) is 0 Å². The molecular formula is C13H18N2O5. The number of hydrogen-bond acceptors (Lipinski definition) is 5. The van der Waals surface area contributed by atoms with Gasteiger partial charge < -0.3 is 14.9 Å². The molecule has 110 valence electrons. The van der Waals surface area contributed by atoms with Gasteiger partial charge in [-0.2, -0.15) is 0 Å². The number of hydrogen-bond donors (Lipinski definition) is 2. The fourth-order valence-corrected chi connectivity index (χ4v) is 2.30. The molecule has 7 nitrogen and oxygen atoms in total. The lowest BCUT2D eigenvalue weighted by atomic mass is 10.2. The zero-order valence-electron chi connectivity index (χ0n) is 11.2. The second-order valence-corrected chi connectivity index (χ2v) is 4.82. The highest BCUT2D eigenvalue weighted by molar-refractivity contribution is 5.04. The molecular weight excluding hydrogens is 264 g/mol. The van der Waals surface area contributed by atoms with Crippen molar-refractivity contribution in [2.75, 3.05) is 6.61 Å². The van der Waals surface area contributed by atoms with E-state index in [1.54, 1.807) is 6.92 Å². The fourth-order valence-electron chi connectivity index (χ4n) is 2.30. The number of ether oxygens (including phenoxy) is 1. The first-order chi connectivity index (χ1) is 9.49. The quantitative estimate of drug-likeness (QED) is 0.701. The van der Waals surface area contributed by atoms with Gasteiger partial charge in [-0.3, -0.25) is 13.9 Å². The Labute approximate surface area is 115 Å². The third kappa shape index (κ3) is 2.47. The summed E-state index contributed by atoms with van der Waals surface area (Å²) >= 11 is 0. The van der Waals surface area contributed by atoms with Crippen LogP contribution in [0.1, 0.15) is 18.2 Å². The molecule has 0 radical (unpaired) electrons. The van der Waals surface area contributed by atoms with Crippen molar-refractivity contribution in [3.63, 3.8) is 0 Å². The van der Waals surface area contributed by atoms with E-state index >= 15 is 0 Å². The lowest BCUT2D eigenvalue weighted by Gasteiger charge is -2.17. The summed E-state index contributed by atoms with van der Waals surface area (Å²) in [5, 5.41) is 18.8. The Morgan fingerprint density at radius 1 is 1.55 bits per heavy atom. The normalized spacial score (nSPS) is 25.9. The van der Waals surface area contributed by atoms with Crippen LogP contribution in [0.2, 0.25) is 0 Å². The van der Waals surface area contributed by atoms with Gasteiger partial charge in [0, 0.05) is 24.7 Å². The summed E-state index contributed by atoms with van der Waals surface area (Å²) in [6.45, 7) is 4.91. The molecule has 3 unspecified atom stereocenters. The van der Waals surface area contributed by atoms with Crippen molar-refractivity contribution in [1.29, 1.82) is 0 Å². The van der Waals surface area contributed by atoms with Gasteiger partial charge >= 0.3 is 5.69 Å². The largest absolute Gasteiger partial charge is 0.394 e. The predicted octanol–water partition coefficient (Wildman–Crippen LogP) is -0.855. The first kappa shape index (κ1) is 14.7. The third-order valence-electron chi connectivity index (χ3n) is 3.37. The van der Waals surface area contributed by atoms with E-state index in [-0.39, 0.29) is 25.1 Å². The summed E-state index contributed by atoms with van der Waals surface area (Å²) in [6.07, 6.45) is 0.833. The maximum Gasteiger partial charge on any atom is 0.333 e. The average Bonchev–Trinajstić information content (AvgIpc) is 2.80. The lowest BCUT2D eigenvalue weighted by Crippen LogP contribution is -2.41. The van der Waals surface area contributed by atoms with Crippen LogP contribution in [0.25, 0.3) is 0 Å². The molecule has 20 heavy (non-hydrogen) atoms. The molecule has 0 aliphatic carbocycles. The van der Waals surface area contributed by atoms with Crippen molar-refractivity contribution in [3.05, 3.63) is 45.3 Å². The molecule has 1 aromatic heterocycles. The van der Waals surface area contributed by atoms with Crippen LogP contribution in [0, 0.1) is 6.92 Å². The minimum absolute atomic E-state index is 0.109. The summed E-state index contributed by atoms with van der Waals surface area (Å²) < 4.78 is 7.78. The second kappa shape index (κ2) is 5.74. The molecule has 3 atom stereocenters. The molecule has 7 heteroatoms. The van der Waals surface area contributed by atoms with Gasteiger partial charge in [-0.05, 0) is 6.92 Å². The Balaban J connectivity index is 2.46. The number of aliphatic hydroxyl groups excluding tert-OH is 2. The minimum atomic E-state index is -0.836. The molecule has 0 spiro atoms. The third-order valence-corrected chi connectivity index (χ3v) is 3.37. The van der Waals surface area contributed by atoms with Crippen LogP contribution in [-0.4, -0.2) is 38.2 Å². The molecule has 2 heterocycles. The number of aliphatic hydroxyl groups is 2. The van der Waals surface area contributed by atoms with Crippen LogP contribution >= 0.6 is 0 Å². The topological polar surface area (TPSA) is 93.7 Å². The maximum atomic E-state index is 12.3. The van der Waals surface area contributed by atoms with Crippen LogP contribution in [0.5, 0.6) is 0 Å². The molecule has 0 aromatic carbocycles. The molecule has 0 bridgehead atoms. The van der Waals surface area contributed by atoms with Crippen LogP contribution < -0.4 is 11.2 Å². The average molecular weight is 282 g/mol. The highest BCUT2D eigenvalue weighted by Gasteiger charge is 2.35. The molecule has 1 fully saturated rings. The van der Waals surface area contributed by atoms with Crippen molar-refractivity contribution in [1.82, 2.24) is 9.13 Å². The van der Waals surface area contributed by atoms with E-state index in [1.165, 1.54) is 16.8 Å². The molecule has 0 saturated carbocycles. The summed E-state index contributed by atoms with van der Waals surface area (Å²) in [4.78, 5) is 24.2.